The fourth-order valence-corrected chi connectivity index (χ4v) is 1.51. The molecule has 3 nitrogen and oxygen atoms in total. The predicted molar refractivity (Wildman–Crippen MR) is 61.7 cm³/mol. The first-order chi connectivity index (χ1) is 7.13. The second-order valence-corrected chi connectivity index (χ2v) is 3.98. The van der Waals surface area contributed by atoms with Crippen LogP contribution in [0.5, 0.6) is 0 Å². The molecule has 0 aliphatic carbocycles. The van der Waals surface area contributed by atoms with Crippen LogP contribution in [-0.4, -0.2) is 30.7 Å². The van der Waals surface area contributed by atoms with Crippen molar-refractivity contribution in [1.29, 1.82) is 0 Å². The average molecular weight is 218 g/mol. The highest BCUT2D eigenvalue weighted by atomic mass is 16.7. The maximum absolute atomic E-state index is 9.81. The van der Waals surface area contributed by atoms with Gasteiger partial charge in [-0.25, -0.2) is 0 Å². The largest absolute Gasteiger partial charge is 0.393 e. The van der Waals surface area contributed by atoms with Gasteiger partial charge in [-0.2, -0.15) is 0 Å². The summed E-state index contributed by atoms with van der Waals surface area (Å²) in [6.07, 6.45) is 1.94. The summed E-state index contributed by atoms with van der Waals surface area (Å²) in [6.45, 7) is 9.42. The molecule has 92 valence electrons. The summed E-state index contributed by atoms with van der Waals surface area (Å²) in [6, 6.07) is 0. The van der Waals surface area contributed by atoms with Crippen LogP contribution in [-0.2, 0) is 9.47 Å². The molecule has 0 fully saturated rings. The third-order valence-electron chi connectivity index (χ3n) is 2.54. The summed E-state index contributed by atoms with van der Waals surface area (Å²) in [5, 5.41) is 9.81. The van der Waals surface area contributed by atoms with Crippen molar-refractivity contribution in [3.8, 4) is 0 Å². The van der Waals surface area contributed by atoms with Gasteiger partial charge in [-0.1, -0.05) is 20.3 Å². The molecular weight excluding hydrogens is 192 g/mol. The standard InChI is InChI=1S/C12H26O3/c1-5-10(4)8-11(13)9-12(14-6-2)15-7-3/h10-13H,5-9H2,1-4H3. The summed E-state index contributed by atoms with van der Waals surface area (Å²) in [5.41, 5.74) is 0. The molecule has 0 aromatic rings. The normalized spacial score (nSPS) is 15.6. The van der Waals surface area contributed by atoms with Crippen molar-refractivity contribution in [1.82, 2.24) is 0 Å². The minimum atomic E-state index is -0.317. The molecule has 0 aliphatic heterocycles. The third kappa shape index (κ3) is 7.77. The van der Waals surface area contributed by atoms with E-state index in [2.05, 4.69) is 13.8 Å². The van der Waals surface area contributed by atoms with Crippen LogP contribution < -0.4 is 0 Å². The van der Waals surface area contributed by atoms with Crippen molar-refractivity contribution in [2.75, 3.05) is 13.2 Å². The molecule has 0 saturated carbocycles. The molecule has 0 saturated heterocycles. The molecule has 2 atom stereocenters. The highest BCUT2D eigenvalue weighted by Gasteiger charge is 2.16. The van der Waals surface area contributed by atoms with Gasteiger partial charge in [0.2, 0.25) is 0 Å². The topological polar surface area (TPSA) is 38.7 Å². The van der Waals surface area contributed by atoms with Gasteiger partial charge in [0.1, 0.15) is 0 Å². The van der Waals surface area contributed by atoms with Crippen molar-refractivity contribution in [3.63, 3.8) is 0 Å². The molecule has 3 heteroatoms. The van der Waals surface area contributed by atoms with Crippen molar-refractivity contribution >= 4 is 0 Å². The number of rotatable bonds is 9. The lowest BCUT2D eigenvalue weighted by atomic mass is 9.99. The van der Waals surface area contributed by atoms with Gasteiger partial charge in [-0.3, -0.25) is 0 Å². The van der Waals surface area contributed by atoms with Gasteiger partial charge >= 0.3 is 0 Å². The van der Waals surface area contributed by atoms with Crippen molar-refractivity contribution in [2.45, 2.75) is 59.4 Å². The first-order valence-electron chi connectivity index (χ1n) is 6.05. The van der Waals surface area contributed by atoms with E-state index in [-0.39, 0.29) is 12.4 Å². The molecule has 0 rings (SSSR count). The van der Waals surface area contributed by atoms with Gasteiger partial charge in [0, 0.05) is 19.6 Å². The lowest BCUT2D eigenvalue weighted by molar-refractivity contribution is -0.153. The maximum atomic E-state index is 9.81. The summed E-state index contributed by atoms with van der Waals surface area (Å²) in [4.78, 5) is 0. The zero-order valence-corrected chi connectivity index (χ0v) is 10.5. The van der Waals surface area contributed by atoms with Crippen molar-refractivity contribution in [2.24, 2.45) is 5.92 Å². The van der Waals surface area contributed by atoms with Crippen LogP contribution in [0.3, 0.4) is 0 Å². The SMILES string of the molecule is CCOC(CC(O)CC(C)CC)OCC. The number of ether oxygens (including phenoxy) is 2. The number of hydrogen-bond acceptors (Lipinski definition) is 3. The van der Waals surface area contributed by atoms with E-state index >= 15 is 0 Å². The summed E-state index contributed by atoms with van der Waals surface area (Å²) in [7, 11) is 0. The van der Waals surface area contributed by atoms with E-state index in [1.165, 1.54) is 0 Å². The van der Waals surface area contributed by atoms with Crippen LogP contribution in [0.4, 0.5) is 0 Å². The summed E-state index contributed by atoms with van der Waals surface area (Å²) in [5.74, 6) is 0.559. The Balaban J connectivity index is 3.81. The van der Waals surface area contributed by atoms with Crippen molar-refractivity contribution in [3.05, 3.63) is 0 Å². The molecule has 0 spiro atoms. The third-order valence-corrected chi connectivity index (χ3v) is 2.54. The van der Waals surface area contributed by atoms with E-state index in [0.29, 0.717) is 25.6 Å². The molecule has 0 bridgehead atoms. The van der Waals surface area contributed by atoms with E-state index in [4.69, 9.17) is 9.47 Å². The average Bonchev–Trinajstić information content (AvgIpc) is 2.18. The number of hydrogen-bond donors (Lipinski definition) is 1. The Morgan fingerprint density at radius 2 is 1.53 bits per heavy atom. The summed E-state index contributed by atoms with van der Waals surface area (Å²) < 4.78 is 10.8. The lowest BCUT2D eigenvalue weighted by Gasteiger charge is -2.21. The van der Waals surface area contributed by atoms with Crippen LogP contribution in [0.25, 0.3) is 0 Å². The Kier molecular flexibility index (Phi) is 9.06. The minimum Gasteiger partial charge on any atom is -0.393 e. The molecule has 1 N–H and O–H groups in total. The zero-order chi connectivity index (χ0) is 11.7. The second-order valence-electron chi connectivity index (χ2n) is 3.98. The molecule has 0 aromatic carbocycles. The smallest absolute Gasteiger partial charge is 0.160 e. The molecular formula is C12H26O3. The summed E-state index contributed by atoms with van der Waals surface area (Å²) >= 11 is 0. The molecule has 15 heavy (non-hydrogen) atoms. The molecule has 2 unspecified atom stereocenters. The fraction of sp³-hybridized carbons (Fsp3) is 1.00. The van der Waals surface area contributed by atoms with Gasteiger partial charge in [0.05, 0.1) is 6.10 Å². The first kappa shape index (κ1) is 14.9. The van der Waals surface area contributed by atoms with E-state index in [1.54, 1.807) is 0 Å². The predicted octanol–water partition coefficient (Wildman–Crippen LogP) is 2.57. The van der Waals surface area contributed by atoms with Crippen LogP contribution in [0.2, 0.25) is 0 Å². The maximum Gasteiger partial charge on any atom is 0.160 e. The van der Waals surface area contributed by atoms with Gasteiger partial charge in [-0.15, -0.1) is 0 Å². The second kappa shape index (κ2) is 9.13. The van der Waals surface area contributed by atoms with E-state index < -0.39 is 0 Å². The fourth-order valence-electron chi connectivity index (χ4n) is 1.51. The van der Waals surface area contributed by atoms with Crippen LogP contribution >= 0.6 is 0 Å². The Labute approximate surface area is 93.8 Å². The molecule has 0 amide bonds. The monoisotopic (exact) mass is 218 g/mol. The Morgan fingerprint density at radius 3 is 1.93 bits per heavy atom. The van der Waals surface area contributed by atoms with Gasteiger partial charge in [-0.05, 0) is 26.2 Å². The first-order valence-corrected chi connectivity index (χ1v) is 6.05. The Hall–Kier alpha value is -0.120. The molecule has 0 aromatic heterocycles. The highest BCUT2D eigenvalue weighted by Crippen LogP contribution is 2.15. The van der Waals surface area contributed by atoms with Crippen LogP contribution in [0.1, 0.15) is 47.0 Å². The van der Waals surface area contributed by atoms with Gasteiger partial charge < -0.3 is 14.6 Å². The Morgan fingerprint density at radius 1 is 1.00 bits per heavy atom. The van der Waals surface area contributed by atoms with E-state index in [9.17, 15) is 5.11 Å². The zero-order valence-electron chi connectivity index (χ0n) is 10.5. The van der Waals surface area contributed by atoms with Crippen molar-refractivity contribution < 1.29 is 14.6 Å². The van der Waals surface area contributed by atoms with Crippen LogP contribution in [0, 0.1) is 5.92 Å². The number of aliphatic hydroxyl groups excluding tert-OH is 1. The molecule has 0 aliphatic rings. The minimum absolute atomic E-state index is 0.251. The van der Waals surface area contributed by atoms with E-state index in [0.717, 1.165) is 12.8 Å². The number of aliphatic hydroxyl groups is 1. The highest BCUT2D eigenvalue weighted by molar-refractivity contribution is 4.62. The quantitative estimate of drug-likeness (QED) is 0.604. The van der Waals surface area contributed by atoms with Crippen LogP contribution in [0.15, 0.2) is 0 Å². The van der Waals surface area contributed by atoms with Gasteiger partial charge in [0.15, 0.2) is 6.29 Å². The van der Waals surface area contributed by atoms with Gasteiger partial charge in [0.25, 0.3) is 0 Å². The van der Waals surface area contributed by atoms with E-state index in [1.807, 2.05) is 13.8 Å². The Bertz CT molecular complexity index is 133. The molecule has 0 radical (unpaired) electrons. The lowest BCUT2D eigenvalue weighted by Crippen LogP contribution is -2.25. The molecule has 0 heterocycles.